The first-order chi connectivity index (χ1) is 14.8. The van der Waals surface area contributed by atoms with Crippen molar-refractivity contribution in [3.8, 4) is 5.75 Å². The Balaban J connectivity index is 1.75. The topological polar surface area (TPSA) is 87.7 Å². The summed E-state index contributed by atoms with van der Waals surface area (Å²) in [5, 5.41) is 5.91. The number of halogens is 1. The maximum absolute atomic E-state index is 12.9. The average Bonchev–Trinajstić information content (AvgIpc) is 3.17. The highest BCUT2D eigenvalue weighted by molar-refractivity contribution is 6.33. The summed E-state index contributed by atoms with van der Waals surface area (Å²) in [7, 11) is 1.52. The summed E-state index contributed by atoms with van der Waals surface area (Å²) in [5.41, 5.74) is 1.49. The fourth-order valence-corrected chi connectivity index (χ4v) is 3.72. The number of hydrogen-bond donors (Lipinski definition) is 2. The first kappa shape index (κ1) is 22.6. The maximum Gasteiger partial charge on any atom is 0.253 e. The van der Waals surface area contributed by atoms with Crippen molar-refractivity contribution in [1.29, 1.82) is 0 Å². The van der Waals surface area contributed by atoms with Gasteiger partial charge in [0.1, 0.15) is 11.8 Å². The predicted molar refractivity (Wildman–Crippen MR) is 121 cm³/mol. The lowest BCUT2D eigenvalue weighted by molar-refractivity contribution is -0.119. The van der Waals surface area contributed by atoms with Crippen molar-refractivity contribution >= 4 is 40.7 Å². The quantitative estimate of drug-likeness (QED) is 0.680. The minimum atomic E-state index is -0.769. The molecule has 2 N–H and O–H groups in total. The van der Waals surface area contributed by atoms with Crippen LogP contribution in [0.15, 0.2) is 42.5 Å². The van der Waals surface area contributed by atoms with Crippen molar-refractivity contribution in [3.63, 3.8) is 0 Å². The van der Waals surface area contributed by atoms with Gasteiger partial charge < -0.3 is 20.3 Å². The van der Waals surface area contributed by atoms with E-state index in [9.17, 15) is 14.4 Å². The van der Waals surface area contributed by atoms with Crippen molar-refractivity contribution in [2.45, 2.75) is 32.7 Å². The third-order valence-corrected chi connectivity index (χ3v) is 5.50. The van der Waals surface area contributed by atoms with Crippen LogP contribution in [-0.2, 0) is 9.59 Å². The van der Waals surface area contributed by atoms with Gasteiger partial charge in [-0.25, -0.2) is 0 Å². The van der Waals surface area contributed by atoms with Gasteiger partial charge in [0, 0.05) is 24.7 Å². The van der Waals surface area contributed by atoms with Gasteiger partial charge in [0.25, 0.3) is 5.91 Å². The van der Waals surface area contributed by atoms with E-state index >= 15 is 0 Å². The minimum Gasteiger partial charge on any atom is -0.494 e. The number of benzene rings is 2. The number of methoxy groups -OCH3 is 1. The summed E-state index contributed by atoms with van der Waals surface area (Å²) in [5.74, 6) is -0.385. The first-order valence-electron chi connectivity index (χ1n) is 10.2. The molecule has 31 heavy (non-hydrogen) atoms. The molecule has 2 aromatic rings. The zero-order valence-corrected chi connectivity index (χ0v) is 18.5. The van der Waals surface area contributed by atoms with Gasteiger partial charge in [-0.3, -0.25) is 14.4 Å². The van der Waals surface area contributed by atoms with E-state index in [2.05, 4.69) is 10.6 Å². The van der Waals surface area contributed by atoms with E-state index in [0.29, 0.717) is 40.7 Å². The minimum absolute atomic E-state index is 0.0530. The Morgan fingerprint density at radius 3 is 2.52 bits per heavy atom. The molecular weight excluding hydrogens is 418 g/mol. The van der Waals surface area contributed by atoms with Crippen molar-refractivity contribution in [1.82, 2.24) is 5.32 Å². The summed E-state index contributed by atoms with van der Waals surface area (Å²) in [4.78, 5) is 39.3. The van der Waals surface area contributed by atoms with E-state index in [1.807, 2.05) is 13.8 Å². The van der Waals surface area contributed by atoms with Crippen LogP contribution in [0, 0.1) is 5.92 Å². The highest BCUT2D eigenvalue weighted by atomic mass is 35.5. The highest BCUT2D eigenvalue weighted by Gasteiger charge is 2.27. The van der Waals surface area contributed by atoms with E-state index in [4.69, 9.17) is 16.3 Å². The number of nitrogens with one attached hydrogen (secondary N) is 2. The molecule has 3 rings (SSSR count). The summed E-state index contributed by atoms with van der Waals surface area (Å²) >= 11 is 6.10. The Morgan fingerprint density at radius 1 is 1.16 bits per heavy atom. The van der Waals surface area contributed by atoms with Gasteiger partial charge in [-0.1, -0.05) is 37.6 Å². The largest absolute Gasteiger partial charge is 0.494 e. The number of ether oxygens (including phenoxy) is 1. The number of nitrogens with zero attached hydrogens (tertiary/aromatic N) is 1. The third-order valence-electron chi connectivity index (χ3n) is 5.17. The molecule has 7 nitrogen and oxygen atoms in total. The van der Waals surface area contributed by atoms with Crippen LogP contribution in [0.25, 0.3) is 0 Å². The van der Waals surface area contributed by atoms with E-state index in [1.165, 1.54) is 7.11 Å². The zero-order chi connectivity index (χ0) is 22.5. The average molecular weight is 444 g/mol. The number of hydrogen-bond acceptors (Lipinski definition) is 4. The smallest absolute Gasteiger partial charge is 0.253 e. The molecule has 0 aromatic heterocycles. The van der Waals surface area contributed by atoms with Crippen molar-refractivity contribution in [2.75, 3.05) is 23.9 Å². The number of amides is 3. The lowest BCUT2D eigenvalue weighted by atomic mass is 10.0. The molecule has 0 aliphatic carbocycles. The van der Waals surface area contributed by atoms with Gasteiger partial charge in [-0.2, -0.15) is 0 Å². The second kappa shape index (κ2) is 9.83. The van der Waals surface area contributed by atoms with Crippen molar-refractivity contribution in [3.05, 3.63) is 53.1 Å². The number of rotatable bonds is 7. The van der Waals surface area contributed by atoms with Crippen LogP contribution in [0.2, 0.25) is 5.02 Å². The molecule has 0 spiro atoms. The second-order valence-electron chi connectivity index (χ2n) is 7.70. The van der Waals surface area contributed by atoms with Crippen LogP contribution < -0.4 is 20.3 Å². The highest BCUT2D eigenvalue weighted by Crippen LogP contribution is 2.34. The Morgan fingerprint density at radius 2 is 1.90 bits per heavy atom. The molecule has 1 aliphatic rings. The normalized spacial score (nSPS) is 14.5. The summed E-state index contributed by atoms with van der Waals surface area (Å²) < 4.78 is 5.44. The molecule has 2 aromatic carbocycles. The molecule has 1 atom stereocenters. The van der Waals surface area contributed by atoms with Gasteiger partial charge in [-0.15, -0.1) is 0 Å². The van der Waals surface area contributed by atoms with Gasteiger partial charge in [0.15, 0.2) is 0 Å². The van der Waals surface area contributed by atoms with E-state index < -0.39 is 11.9 Å². The van der Waals surface area contributed by atoms with Crippen LogP contribution >= 0.6 is 11.6 Å². The van der Waals surface area contributed by atoms with Crippen LogP contribution in [0.4, 0.5) is 11.4 Å². The number of anilines is 2. The van der Waals surface area contributed by atoms with Crippen molar-refractivity contribution < 1.29 is 19.1 Å². The first-order valence-corrected chi connectivity index (χ1v) is 10.5. The summed E-state index contributed by atoms with van der Waals surface area (Å²) in [6.45, 7) is 4.34. The number of carbonyl (C=O) groups is 3. The molecule has 1 fully saturated rings. The predicted octanol–water partition coefficient (Wildman–Crippen LogP) is 3.87. The monoisotopic (exact) mass is 443 g/mol. The molecule has 0 bridgehead atoms. The molecule has 0 saturated carbocycles. The Labute approximate surface area is 186 Å². The van der Waals surface area contributed by atoms with Gasteiger partial charge in [0.05, 0.1) is 23.4 Å². The molecule has 8 heteroatoms. The molecular formula is C23H26ClN3O4. The van der Waals surface area contributed by atoms with Crippen LogP contribution in [0.1, 0.15) is 37.0 Å². The molecule has 0 radical (unpaired) electrons. The van der Waals surface area contributed by atoms with E-state index in [1.54, 1.807) is 47.4 Å². The second-order valence-corrected chi connectivity index (χ2v) is 8.11. The van der Waals surface area contributed by atoms with Gasteiger partial charge in [0.2, 0.25) is 11.8 Å². The molecule has 1 heterocycles. The fraction of sp³-hybridized carbons (Fsp3) is 0.348. The molecule has 1 saturated heterocycles. The Hall–Kier alpha value is -3.06. The van der Waals surface area contributed by atoms with E-state index in [-0.39, 0.29) is 17.7 Å². The van der Waals surface area contributed by atoms with E-state index in [0.717, 1.165) is 6.42 Å². The fourth-order valence-electron chi connectivity index (χ4n) is 3.50. The van der Waals surface area contributed by atoms with Crippen LogP contribution in [-0.4, -0.2) is 37.4 Å². The summed E-state index contributed by atoms with van der Waals surface area (Å²) in [6.07, 6.45) is 1.32. The molecule has 164 valence electrons. The number of carbonyl (C=O) groups excluding carboxylic acids is 3. The Bertz CT molecular complexity index is 993. The van der Waals surface area contributed by atoms with Crippen LogP contribution in [0.5, 0.6) is 5.75 Å². The Kier molecular flexibility index (Phi) is 7.17. The van der Waals surface area contributed by atoms with Crippen LogP contribution in [0.3, 0.4) is 0 Å². The standard InChI is InChI=1S/C23H26ClN3O4/c1-14(2)21(26-22(29)16-7-4-5-8-17(16)24)23(30)25-15-10-11-18(19(13-15)31-3)27-12-6-9-20(27)28/h4-5,7-8,10-11,13-14,21H,6,9,12H2,1-3H3,(H,25,30)(H,26,29)/t21-/m0/s1. The zero-order valence-electron chi connectivity index (χ0n) is 17.8. The lowest BCUT2D eigenvalue weighted by Crippen LogP contribution is -2.47. The molecule has 1 aliphatic heterocycles. The van der Waals surface area contributed by atoms with Crippen molar-refractivity contribution in [2.24, 2.45) is 5.92 Å². The van der Waals surface area contributed by atoms with Gasteiger partial charge >= 0.3 is 0 Å². The third kappa shape index (κ3) is 5.17. The maximum atomic E-state index is 12.9. The SMILES string of the molecule is COc1cc(NC(=O)[C@@H](NC(=O)c2ccccc2Cl)C(C)C)ccc1N1CCCC1=O. The lowest BCUT2D eigenvalue weighted by Gasteiger charge is -2.23. The van der Waals surface area contributed by atoms with Gasteiger partial charge in [-0.05, 0) is 36.6 Å². The molecule has 0 unspecified atom stereocenters. The molecule has 3 amide bonds. The summed E-state index contributed by atoms with van der Waals surface area (Å²) in [6, 6.07) is 11.1.